The summed E-state index contributed by atoms with van der Waals surface area (Å²) < 4.78 is 10.3. The molecule has 0 saturated carbocycles. The number of esters is 2. The van der Waals surface area contributed by atoms with Gasteiger partial charge in [0.2, 0.25) is 6.04 Å². The van der Waals surface area contributed by atoms with E-state index in [1.54, 1.807) is 13.8 Å². The average molecular weight is 389 g/mol. The normalized spacial score (nSPS) is 19.6. The number of fused-ring (bicyclic) bond motifs is 1. The van der Waals surface area contributed by atoms with Gasteiger partial charge in [0.05, 0.1) is 13.2 Å². The predicted molar refractivity (Wildman–Crippen MR) is 106 cm³/mol. The molecule has 0 spiro atoms. The lowest BCUT2D eigenvalue weighted by Gasteiger charge is -2.35. The van der Waals surface area contributed by atoms with E-state index in [0.29, 0.717) is 19.0 Å². The van der Waals surface area contributed by atoms with Crippen LogP contribution in [0.2, 0.25) is 0 Å². The van der Waals surface area contributed by atoms with E-state index in [4.69, 9.17) is 14.5 Å². The van der Waals surface area contributed by atoms with Gasteiger partial charge in [-0.1, -0.05) is 6.07 Å². The molecule has 0 aliphatic carbocycles. The quantitative estimate of drug-likeness (QED) is 0.565. The van der Waals surface area contributed by atoms with Crippen molar-refractivity contribution in [2.24, 2.45) is 5.92 Å². The number of ether oxygens (including phenoxy) is 2. The summed E-state index contributed by atoms with van der Waals surface area (Å²) in [5.74, 6) is 0.317. The summed E-state index contributed by atoms with van der Waals surface area (Å²) >= 11 is 0. The molecular formula is C21H31N3O4. The van der Waals surface area contributed by atoms with Crippen LogP contribution >= 0.6 is 0 Å². The number of rotatable bonds is 7. The molecule has 7 nitrogen and oxygen atoms in total. The number of hydrogen-bond donors (Lipinski definition) is 1. The van der Waals surface area contributed by atoms with Crippen molar-refractivity contribution in [3.63, 3.8) is 0 Å². The van der Waals surface area contributed by atoms with Crippen LogP contribution in [-0.2, 0) is 31.9 Å². The molecular weight excluding hydrogens is 358 g/mol. The second-order valence-electron chi connectivity index (χ2n) is 7.45. The molecule has 1 atom stereocenters. The van der Waals surface area contributed by atoms with Gasteiger partial charge in [0.1, 0.15) is 5.82 Å². The van der Waals surface area contributed by atoms with Gasteiger partial charge in [-0.2, -0.15) is 0 Å². The van der Waals surface area contributed by atoms with E-state index in [1.807, 2.05) is 4.90 Å². The highest BCUT2D eigenvalue weighted by molar-refractivity contribution is 5.99. The molecule has 1 aromatic rings. The summed E-state index contributed by atoms with van der Waals surface area (Å²) in [6, 6.07) is 3.31. The Balaban J connectivity index is 1.67. The zero-order valence-corrected chi connectivity index (χ0v) is 16.9. The van der Waals surface area contributed by atoms with Gasteiger partial charge >= 0.3 is 11.9 Å². The van der Waals surface area contributed by atoms with E-state index in [-0.39, 0.29) is 13.2 Å². The maximum absolute atomic E-state index is 12.4. The number of carbonyl (C=O) groups is 2. The SMILES string of the molecule is CCOC(=O)C(C(=O)OCC)N1CCCC(Cc2ccc3c(n2)NCCC3)C1. The summed E-state index contributed by atoms with van der Waals surface area (Å²) in [5, 5.41) is 3.38. The van der Waals surface area contributed by atoms with E-state index in [0.717, 1.165) is 50.2 Å². The van der Waals surface area contributed by atoms with E-state index in [2.05, 4.69) is 17.4 Å². The number of anilines is 1. The van der Waals surface area contributed by atoms with Gasteiger partial charge in [0.25, 0.3) is 0 Å². The van der Waals surface area contributed by atoms with Crippen molar-refractivity contribution in [3.05, 3.63) is 23.4 Å². The second-order valence-corrected chi connectivity index (χ2v) is 7.45. The van der Waals surface area contributed by atoms with Crippen LogP contribution < -0.4 is 5.32 Å². The molecule has 1 fully saturated rings. The van der Waals surface area contributed by atoms with Crippen LogP contribution in [0.25, 0.3) is 0 Å². The maximum atomic E-state index is 12.4. The van der Waals surface area contributed by atoms with Crippen molar-refractivity contribution < 1.29 is 19.1 Å². The molecule has 28 heavy (non-hydrogen) atoms. The van der Waals surface area contributed by atoms with Gasteiger partial charge in [-0.15, -0.1) is 0 Å². The van der Waals surface area contributed by atoms with E-state index in [1.165, 1.54) is 5.56 Å². The molecule has 2 aliphatic heterocycles. The molecule has 7 heteroatoms. The van der Waals surface area contributed by atoms with Crippen molar-refractivity contribution in [2.45, 2.75) is 52.0 Å². The molecule has 0 radical (unpaired) electrons. The maximum Gasteiger partial charge on any atom is 0.335 e. The number of carbonyl (C=O) groups excluding carboxylic acids is 2. The van der Waals surface area contributed by atoms with Crippen LogP contribution in [0, 0.1) is 5.92 Å². The van der Waals surface area contributed by atoms with Gasteiger partial charge in [-0.05, 0) is 70.0 Å². The Bertz CT molecular complexity index is 676. The minimum Gasteiger partial charge on any atom is -0.464 e. The highest BCUT2D eigenvalue weighted by Crippen LogP contribution is 2.25. The summed E-state index contributed by atoms with van der Waals surface area (Å²) in [6.45, 7) is 6.31. The topological polar surface area (TPSA) is 80.8 Å². The van der Waals surface area contributed by atoms with Gasteiger partial charge < -0.3 is 14.8 Å². The van der Waals surface area contributed by atoms with E-state index >= 15 is 0 Å². The largest absolute Gasteiger partial charge is 0.464 e. The third kappa shape index (κ3) is 5.01. The van der Waals surface area contributed by atoms with Gasteiger partial charge in [0, 0.05) is 18.8 Å². The lowest BCUT2D eigenvalue weighted by atomic mass is 9.91. The average Bonchev–Trinajstić information content (AvgIpc) is 2.69. The second kappa shape index (κ2) is 9.87. The molecule has 1 saturated heterocycles. The number of piperidine rings is 1. The summed E-state index contributed by atoms with van der Waals surface area (Å²) in [7, 11) is 0. The molecule has 0 aromatic carbocycles. The number of pyridine rings is 1. The monoisotopic (exact) mass is 389 g/mol. The van der Waals surface area contributed by atoms with E-state index in [9.17, 15) is 9.59 Å². The van der Waals surface area contributed by atoms with Crippen LogP contribution in [0.3, 0.4) is 0 Å². The Labute approximate surface area is 166 Å². The molecule has 1 unspecified atom stereocenters. The van der Waals surface area contributed by atoms with Crippen molar-refractivity contribution in [1.82, 2.24) is 9.88 Å². The number of nitrogens with one attached hydrogen (secondary N) is 1. The fourth-order valence-corrected chi connectivity index (χ4v) is 4.11. The van der Waals surface area contributed by atoms with Crippen molar-refractivity contribution >= 4 is 17.8 Å². The van der Waals surface area contributed by atoms with Crippen LogP contribution in [0.4, 0.5) is 5.82 Å². The van der Waals surface area contributed by atoms with Gasteiger partial charge in [-0.25, -0.2) is 14.6 Å². The summed E-state index contributed by atoms with van der Waals surface area (Å²) in [5.41, 5.74) is 2.34. The van der Waals surface area contributed by atoms with Gasteiger partial charge in [-0.3, -0.25) is 4.90 Å². The standard InChI is InChI=1S/C21H31N3O4/c1-3-27-20(25)18(21(26)28-4-2)24-12-6-7-15(14-24)13-17-10-9-16-8-5-11-22-19(16)23-17/h9-10,15,18H,3-8,11-14H2,1-2H3,(H,22,23). The first-order chi connectivity index (χ1) is 13.6. The van der Waals surface area contributed by atoms with Crippen molar-refractivity contribution in [2.75, 3.05) is 38.2 Å². The fraction of sp³-hybridized carbons (Fsp3) is 0.667. The fourth-order valence-electron chi connectivity index (χ4n) is 4.11. The molecule has 0 bridgehead atoms. The molecule has 3 heterocycles. The van der Waals surface area contributed by atoms with Crippen LogP contribution in [0.5, 0.6) is 0 Å². The smallest absolute Gasteiger partial charge is 0.335 e. The Morgan fingerprint density at radius 3 is 2.68 bits per heavy atom. The number of aryl methyl sites for hydroxylation is 1. The summed E-state index contributed by atoms with van der Waals surface area (Å²) in [6.07, 6.45) is 5.05. The zero-order valence-electron chi connectivity index (χ0n) is 16.9. The van der Waals surface area contributed by atoms with Crippen molar-refractivity contribution in [1.29, 1.82) is 0 Å². The lowest BCUT2D eigenvalue weighted by Crippen LogP contribution is -2.52. The predicted octanol–water partition coefficient (Wildman–Crippen LogP) is 2.19. The Morgan fingerprint density at radius 1 is 1.21 bits per heavy atom. The highest BCUT2D eigenvalue weighted by Gasteiger charge is 2.38. The molecule has 3 rings (SSSR count). The Hall–Kier alpha value is -2.15. The van der Waals surface area contributed by atoms with Crippen LogP contribution in [-0.4, -0.2) is 60.7 Å². The van der Waals surface area contributed by atoms with Gasteiger partial charge in [0.15, 0.2) is 0 Å². The zero-order chi connectivity index (χ0) is 19.9. The molecule has 0 amide bonds. The molecule has 1 N–H and O–H groups in total. The van der Waals surface area contributed by atoms with E-state index < -0.39 is 18.0 Å². The Morgan fingerprint density at radius 2 is 1.96 bits per heavy atom. The first kappa shape index (κ1) is 20.6. The highest BCUT2D eigenvalue weighted by atomic mass is 16.6. The first-order valence-electron chi connectivity index (χ1n) is 10.4. The number of likely N-dealkylation sites (tertiary alicyclic amines) is 1. The third-order valence-electron chi connectivity index (χ3n) is 5.38. The Kier molecular flexibility index (Phi) is 7.25. The third-order valence-corrected chi connectivity index (χ3v) is 5.38. The molecule has 154 valence electrons. The van der Waals surface area contributed by atoms with Crippen LogP contribution in [0.15, 0.2) is 12.1 Å². The summed E-state index contributed by atoms with van der Waals surface area (Å²) in [4.78, 5) is 31.5. The van der Waals surface area contributed by atoms with Crippen LogP contribution in [0.1, 0.15) is 44.4 Å². The lowest BCUT2D eigenvalue weighted by molar-refractivity contribution is -0.164. The minimum atomic E-state index is -0.971. The molecule has 2 aliphatic rings. The van der Waals surface area contributed by atoms with Crippen molar-refractivity contribution in [3.8, 4) is 0 Å². The number of aromatic nitrogens is 1. The molecule has 1 aromatic heterocycles. The minimum absolute atomic E-state index is 0.248. The first-order valence-corrected chi connectivity index (χ1v) is 10.4. The number of hydrogen-bond acceptors (Lipinski definition) is 7. The number of nitrogens with zero attached hydrogens (tertiary/aromatic N) is 2.